The van der Waals surface area contributed by atoms with Crippen molar-refractivity contribution < 1.29 is 4.79 Å². The molecule has 1 amide bonds. The topological polar surface area (TPSA) is 54.9 Å². The quantitative estimate of drug-likeness (QED) is 0.785. The lowest BCUT2D eigenvalue weighted by Gasteiger charge is -1.99. The van der Waals surface area contributed by atoms with Crippen LogP contribution in [-0.2, 0) is 11.2 Å². The zero-order valence-corrected chi connectivity index (χ0v) is 13.9. The normalized spacial score (nSPS) is 10.6. The predicted molar refractivity (Wildman–Crippen MR) is 91.5 cm³/mol. The van der Waals surface area contributed by atoms with Crippen LogP contribution in [0.3, 0.4) is 0 Å². The molecule has 0 saturated carbocycles. The summed E-state index contributed by atoms with van der Waals surface area (Å²) in [6.07, 6.45) is 2.01. The minimum absolute atomic E-state index is 0.0879. The average Bonchev–Trinajstić information content (AvgIpc) is 3.09. The molecule has 0 aliphatic rings. The summed E-state index contributed by atoms with van der Waals surface area (Å²) in [4.78, 5) is 21.7. The van der Waals surface area contributed by atoms with Crippen molar-refractivity contribution >= 4 is 33.7 Å². The number of carbonyl (C=O) groups is 1. The van der Waals surface area contributed by atoms with Gasteiger partial charge in [-0.3, -0.25) is 4.79 Å². The van der Waals surface area contributed by atoms with Crippen LogP contribution < -0.4 is 5.32 Å². The summed E-state index contributed by atoms with van der Waals surface area (Å²) < 4.78 is 0. The second-order valence-electron chi connectivity index (χ2n) is 5.01. The molecule has 3 aromatic rings. The molecule has 0 fully saturated rings. The molecule has 112 valence electrons. The molecule has 6 heteroatoms. The lowest BCUT2D eigenvalue weighted by atomic mass is 10.2. The van der Waals surface area contributed by atoms with Gasteiger partial charge in [0.1, 0.15) is 5.01 Å². The number of amides is 1. The van der Waals surface area contributed by atoms with Crippen LogP contribution in [0.2, 0.25) is 0 Å². The number of hydrogen-bond acceptors (Lipinski definition) is 5. The van der Waals surface area contributed by atoms with Gasteiger partial charge in [0.25, 0.3) is 0 Å². The molecule has 0 bridgehead atoms. The van der Waals surface area contributed by atoms with Crippen molar-refractivity contribution in [3.63, 3.8) is 0 Å². The molecular formula is C16H15N3OS2. The summed E-state index contributed by atoms with van der Waals surface area (Å²) in [7, 11) is 0. The number of nitrogens with zero attached hydrogens (tertiary/aromatic N) is 2. The summed E-state index contributed by atoms with van der Waals surface area (Å²) >= 11 is 3.03. The number of aromatic nitrogens is 2. The molecule has 4 nitrogen and oxygen atoms in total. The number of rotatable bonds is 4. The molecule has 0 radical (unpaired) electrons. The van der Waals surface area contributed by atoms with Gasteiger partial charge in [0.05, 0.1) is 12.1 Å². The SMILES string of the molecule is Cc1ccc(-c2nc(CC(=O)Nc3ncc(C)s3)cs2)cc1. The third-order valence-corrected chi connectivity index (χ3v) is 4.83. The second-order valence-corrected chi connectivity index (χ2v) is 7.10. The summed E-state index contributed by atoms with van der Waals surface area (Å²) in [5, 5.41) is 6.31. The Morgan fingerprint density at radius 3 is 2.68 bits per heavy atom. The van der Waals surface area contributed by atoms with Gasteiger partial charge in [-0.1, -0.05) is 29.8 Å². The van der Waals surface area contributed by atoms with Crippen LogP contribution in [0.4, 0.5) is 5.13 Å². The molecule has 1 N–H and O–H groups in total. The Hall–Kier alpha value is -2.05. The van der Waals surface area contributed by atoms with E-state index in [0.717, 1.165) is 21.1 Å². The van der Waals surface area contributed by atoms with Crippen molar-refractivity contribution in [3.8, 4) is 10.6 Å². The Labute approximate surface area is 136 Å². The van der Waals surface area contributed by atoms with E-state index in [9.17, 15) is 4.79 Å². The first-order chi connectivity index (χ1) is 10.6. The number of benzene rings is 1. The Morgan fingerprint density at radius 1 is 1.23 bits per heavy atom. The standard InChI is InChI=1S/C16H15N3OS2/c1-10-3-5-12(6-4-10)15-18-13(9-21-15)7-14(20)19-16-17-8-11(2)22-16/h3-6,8-9H,7H2,1-2H3,(H,17,19,20). The van der Waals surface area contributed by atoms with Crippen molar-refractivity contribution in [3.05, 3.63) is 52.0 Å². The highest BCUT2D eigenvalue weighted by Gasteiger charge is 2.10. The van der Waals surface area contributed by atoms with Gasteiger partial charge >= 0.3 is 0 Å². The first-order valence-electron chi connectivity index (χ1n) is 6.84. The van der Waals surface area contributed by atoms with E-state index in [1.165, 1.54) is 16.9 Å². The van der Waals surface area contributed by atoms with E-state index in [0.29, 0.717) is 5.13 Å². The molecule has 2 heterocycles. The minimum Gasteiger partial charge on any atom is -0.302 e. The maximum Gasteiger partial charge on any atom is 0.232 e. The van der Waals surface area contributed by atoms with Crippen LogP contribution in [0.5, 0.6) is 0 Å². The fraction of sp³-hybridized carbons (Fsp3) is 0.188. The van der Waals surface area contributed by atoms with E-state index in [1.807, 2.05) is 12.3 Å². The fourth-order valence-electron chi connectivity index (χ4n) is 1.96. The lowest BCUT2D eigenvalue weighted by molar-refractivity contribution is -0.115. The zero-order valence-electron chi connectivity index (χ0n) is 12.3. The first kappa shape index (κ1) is 14.9. The highest BCUT2D eigenvalue weighted by molar-refractivity contribution is 7.15. The van der Waals surface area contributed by atoms with Crippen LogP contribution in [0.1, 0.15) is 16.1 Å². The van der Waals surface area contributed by atoms with Crippen molar-refractivity contribution in [2.24, 2.45) is 0 Å². The average molecular weight is 329 g/mol. The molecule has 2 aromatic heterocycles. The molecule has 0 atom stereocenters. The van der Waals surface area contributed by atoms with Crippen molar-refractivity contribution in [2.45, 2.75) is 20.3 Å². The van der Waals surface area contributed by atoms with Crippen molar-refractivity contribution in [1.82, 2.24) is 9.97 Å². The van der Waals surface area contributed by atoms with Crippen LogP contribution >= 0.6 is 22.7 Å². The van der Waals surface area contributed by atoms with Gasteiger partial charge in [-0.2, -0.15) is 0 Å². The number of hydrogen-bond donors (Lipinski definition) is 1. The second kappa shape index (κ2) is 6.37. The third-order valence-electron chi connectivity index (χ3n) is 3.06. The van der Waals surface area contributed by atoms with Gasteiger partial charge in [0.15, 0.2) is 5.13 Å². The number of thiazole rings is 2. The van der Waals surface area contributed by atoms with E-state index >= 15 is 0 Å². The Morgan fingerprint density at radius 2 is 2.00 bits per heavy atom. The first-order valence-corrected chi connectivity index (χ1v) is 8.53. The summed E-state index contributed by atoms with van der Waals surface area (Å²) in [5.41, 5.74) is 3.09. The fourth-order valence-corrected chi connectivity index (χ4v) is 3.46. The van der Waals surface area contributed by atoms with E-state index in [1.54, 1.807) is 17.5 Å². The molecule has 0 saturated heterocycles. The molecule has 0 spiro atoms. The minimum atomic E-state index is -0.0879. The van der Waals surface area contributed by atoms with Gasteiger partial charge < -0.3 is 5.32 Å². The van der Waals surface area contributed by atoms with Crippen LogP contribution in [0.15, 0.2) is 35.8 Å². The van der Waals surface area contributed by atoms with E-state index < -0.39 is 0 Å². The summed E-state index contributed by atoms with van der Waals surface area (Å²) in [5.74, 6) is -0.0879. The lowest BCUT2D eigenvalue weighted by Crippen LogP contribution is -2.14. The highest BCUT2D eigenvalue weighted by atomic mass is 32.1. The monoisotopic (exact) mass is 329 g/mol. The van der Waals surface area contributed by atoms with Gasteiger partial charge in [0, 0.05) is 22.0 Å². The maximum atomic E-state index is 12.0. The molecule has 22 heavy (non-hydrogen) atoms. The van der Waals surface area contributed by atoms with Gasteiger partial charge in [-0.15, -0.1) is 22.7 Å². The Balaban J connectivity index is 1.66. The maximum absolute atomic E-state index is 12.0. The Bertz CT molecular complexity index is 790. The zero-order chi connectivity index (χ0) is 15.5. The largest absolute Gasteiger partial charge is 0.302 e. The molecule has 0 aliphatic carbocycles. The van der Waals surface area contributed by atoms with Crippen LogP contribution in [-0.4, -0.2) is 15.9 Å². The van der Waals surface area contributed by atoms with Crippen LogP contribution in [0, 0.1) is 13.8 Å². The molecule has 1 aromatic carbocycles. The van der Waals surface area contributed by atoms with E-state index in [2.05, 4.69) is 46.5 Å². The summed E-state index contributed by atoms with van der Waals surface area (Å²) in [6.45, 7) is 4.02. The highest BCUT2D eigenvalue weighted by Crippen LogP contribution is 2.24. The van der Waals surface area contributed by atoms with Gasteiger partial charge in [-0.25, -0.2) is 9.97 Å². The predicted octanol–water partition coefficient (Wildman–Crippen LogP) is 4.06. The third kappa shape index (κ3) is 3.58. The number of anilines is 1. The molecule has 0 unspecified atom stereocenters. The Kier molecular flexibility index (Phi) is 4.31. The van der Waals surface area contributed by atoms with E-state index in [-0.39, 0.29) is 12.3 Å². The smallest absolute Gasteiger partial charge is 0.232 e. The molecule has 3 rings (SSSR count). The number of aryl methyl sites for hydroxylation is 2. The molecule has 0 aliphatic heterocycles. The van der Waals surface area contributed by atoms with Gasteiger partial charge in [-0.05, 0) is 13.8 Å². The van der Waals surface area contributed by atoms with Gasteiger partial charge in [0.2, 0.25) is 5.91 Å². The molecular weight excluding hydrogens is 314 g/mol. The van der Waals surface area contributed by atoms with E-state index in [4.69, 9.17) is 0 Å². The van der Waals surface area contributed by atoms with Crippen molar-refractivity contribution in [1.29, 1.82) is 0 Å². The number of carbonyl (C=O) groups excluding carboxylic acids is 1. The van der Waals surface area contributed by atoms with Crippen LogP contribution in [0.25, 0.3) is 10.6 Å². The number of nitrogens with one attached hydrogen (secondary N) is 1. The summed E-state index contributed by atoms with van der Waals surface area (Å²) in [6, 6.07) is 8.23. The van der Waals surface area contributed by atoms with Crippen molar-refractivity contribution in [2.75, 3.05) is 5.32 Å².